The van der Waals surface area contributed by atoms with Crippen LogP contribution >= 0.6 is 0 Å². The van der Waals surface area contributed by atoms with E-state index in [0.717, 1.165) is 12.6 Å². The minimum absolute atomic E-state index is 0.0272. The molecule has 10 heteroatoms. The van der Waals surface area contributed by atoms with Crippen LogP contribution in [0.1, 0.15) is 5.82 Å². The summed E-state index contributed by atoms with van der Waals surface area (Å²) < 4.78 is 30.1. The van der Waals surface area contributed by atoms with E-state index in [4.69, 9.17) is 5.73 Å². The van der Waals surface area contributed by atoms with Gasteiger partial charge in [0.05, 0.1) is 12.7 Å². The molecule has 0 amide bonds. The highest BCUT2D eigenvalue weighted by Crippen LogP contribution is 2.13. The van der Waals surface area contributed by atoms with Crippen molar-refractivity contribution in [2.24, 2.45) is 0 Å². The molecule has 0 saturated carbocycles. The van der Waals surface area contributed by atoms with Gasteiger partial charge >= 0.3 is 0 Å². The first kappa shape index (κ1) is 10.6. The Morgan fingerprint density at radius 2 is 2.38 bits per heavy atom. The lowest BCUT2D eigenvalue weighted by Gasteiger charge is -2.02. The molecule has 16 heavy (non-hydrogen) atoms. The number of aromatic nitrogens is 4. The zero-order chi connectivity index (χ0) is 11.6. The third kappa shape index (κ3) is 2.01. The molecule has 0 spiro atoms. The second-order valence-corrected chi connectivity index (χ2v) is 4.56. The minimum atomic E-state index is -3.71. The third-order valence-electron chi connectivity index (χ3n) is 1.75. The Kier molecular flexibility index (Phi) is 2.58. The van der Waals surface area contributed by atoms with E-state index in [2.05, 4.69) is 29.6 Å². The van der Waals surface area contributed by atoms with E-state index < -0.39 is 10.0 Å². The van der Waals surface area contributed by atoms with Crippen molar-refractivity contribution in [1.29, 1.82) is 0 Å². The second-order valence-electron chi connectivity index (χ2n) is 2.82. The van der Waals surface area contributed by atoms with Crippen molar-refractivity contribution in [2.45, 2.75) is 11.4 Å². The van der Waals surface area contributed by atoms with Crippen LogP contribution in [-0.4, -0.2) is 28.8 Å². The number of nitrogen functional groups attached to an aromatic ring is 1. The molecule has 2 aromatic heterocycles. The largest absolute Gasteiger partial charge is 0.383 e. The van der Waals surface area contributed by atoms with Crippen molar-refractivity contribution in [3.05, 3.63) is 18.4 Å². The van der Waals surface area contributed by atoms with Gasteiger partial charge in [0.15, 0.2) is 5.82 Å². The highest BCUT2D eigenvalue weighted by atomic mass is 32.2. The standard InChI is InChI=1S/C6H8N6O3S/c7-6-4(1-9-11-6)16(13,14)10-2-5-8-3-15-12-5/h1,3,10H,2H2,(H3,7,9,11). The summed E-state index contributed by atoms with van der Waals surface area (Å²) in [5, 5.41) is 9.30. The van der Waals surface area contributed by atoms with Crippen molar-refractivity contribution in [3.63, 3.8) is 0 Å². The number of rotatable bonds is 4. The van der Waals surface area contributed by atoms with E-state index in [1.54, 1.807) is 0 Å². The number of aromatic amines is 1. The van der Waals surface area contributed by atoms with Gasteiger partial charge in [-0.1, -0.05) is 5.16 Å². The molecule has 0 fully saturated rings. The van der Waals surface area contributed by atoms with Gasteiger partial charge in [0.2, 0.25) is 16.4 Å². The van der Waals surface area contributed by atoms with Crippen LogP contribution in [-0.2, 0) is 16.6 Å². The molecule has 0 aromatic carbocycles. The molecule has 0 atom stereocenters. The first-order chi connectivity index (χ1) is 7.59. The van der Waals surface area contributed by atoms with E-state index in [9.17, 15) is 8.42 Å². The quantitative estimate of drug-likeness (QED) is 0.617. The fraction of sp³-hybridized carbons (Fsp3) is 0.167. The number of anilines is 1. The van der Waals surface area contributed by atoms with Crippen molar-refractivity contribution in [2.75, 3.05) is 5.73 Å². The van der Waals surface area contributed by atoms with Gasteiger partial charge in [-0.3, -0.25) is 5.10 Å². The van der Waals surface area contributed by atoms with Crippen LogP contribution in [0.15, 0.2) is 22.0 Å². The number of nitrogens with one attached hydrogen (secondary N) is 2. The lowest BCUT2D eigenvalue weighted by Crippen LogP contribution is -2.24. The minimum Gasteiger partial charge on any atom is -0.383 e. The molecular formula is C6H8N6O3S. The third-order valence-corrected chi connectivity index (χ3v) is 3.18. The zero-order valence-electron chi connectivity index (χ0n) is 7.91. The number of nitrogens with zero attached hydrogens (tertiary/aromatic N) is 3. The molecule has 0 radical (unpaired) electrons. The van der Waals surface area contributed by atoms with Crippen LogP contribution in [0, 0.1) is 0 Å². The Morgan fingerprint density at radius 1 is 1.56 bits per heavy atom. The van der Waals surface area contributed by atoms with E-state index in [-0.39, 0.29) is 23.1 Å². The Hall–Kier alpha value is -1.94. The molecule has 2 aromatic rings. The summed E-state index contributed by atoms with van der Waals surface area (Å²) in [4.78, 5) is 3.55. The van der Waals surface area contributed by atoms with Gasteiger partial charge in [0.25, 0.3) is 0 Å². The summed E-state index contributed by atoms with van der Waals surface area (Å²) in [7, 11) is -3.71. The summed E-state index contributed by atoms with van der Waals surface area (Å²) in [6.45, 7) is -0.0799. The summed E-state index contributed by atoms with van der Waals surface area (Å²) in [5.74, 6) is 0.200. The van der Waals surface area contributed by atoms with E-state index in [1.165, 1.54) is 0 Å². The first-order valence-corrected chi connectivity index (χ1v) is 5.61. The lowest BCUT2D eigenvalue weighted by molar-refractivity contribution is 0.409. The Labute approximate surface area is 90.1 Å². The maximum Gasteiger partial charge on any atom is 0.246 e. The Balaban J connectivity index is 2.13. The van der Waals surface area contributed by atoms with E-state index in [0.29, 0.717) is 0 Å². The number of H-pyrrole nitrogens is 1. The van der Waals surface area contributed by atoms with Crippen molar-refractivity contribution < 1.29 is 12.9 Å². The van der Waals surface area contributed by atoms with Crippen molar-refractivity contribution in [3.8, 4) is 0 Å². The van der Waals surface area contributed by atoms with Crippen LogP contribution in [0.5, 0.6) is 0 Å². The van der Waals surface area contributed by atoms with Crippen LogP contribution in [0.3, 0.4) is 0 Å². The van der Waals surface area contributed by atoms with Crippen LogP contribution in [0.4, 0.5) is 5.82 Å². The summed E-state index contributed by atoms with van der Waals surface area (Å²) >= 11 is 0. The number of nitrogens with two attached hydrogens (primary N) is 1. The number of hydrogen-bond donors (Lipinski definition) is 3. The van der Waals surface area contributed by atoms with Gasteiger partial charge in [-0.2, -0.15) is 10.1 Å². The molecule has 0 aliphatic carbocycles. The topological polar surface area (TPSA) is 140 Å². The zero-order valence-corrected chi connectivity index (χ0v) is 8.73. The van der Waals surface area contributed by atoms with Crippen LogP contribution in [0.25, 0.3) is 0 Å². The van der Waals surface area contributed by atoms with E-state index in [1.807, 2.05) is 0 Å². The molecule has 0 unspecified atom stereocenters. The fourth-order valence-electron chi connectivity index (χ4n) is 1.01. The fourth-order valence-corrected chi connectivity index (χ4v) is 2.01. The first-order valence-electron chi connectivity index (χ1n) is 4.13. The van der Waals surface area contributed by atoms with Gasteiger partial charge in [0, 0.05) is 0 Å². The molecule has 0 aliphatic heterocycles. The molecule has 2 heterocycles. The summed E-state index contributed by atoms with van der Waals surface area (Å²) in [5.41, 5.74) is 5.39. The van der Waals surface area contributed by atoms with E-state index >= 15 is 0 Å². The molecule has 0 saturated heterocycles. The van der Waals surface area contributed by atoms with Crippen molar-refractivity contribution in [1.82, 2.24) is 25.1 Å². The average Bonchev–Trinajstić information content (AvgIpc) is 2.85. The normalized spacial score (nSPS) is 11.8. The molecule has 0 aliphatic rings. The van der Waals surface area contributed by atoms with Crippen molar-refractivity contribution >= 4 is 15.8 Å². The maximum absolute atomic E-state index is 11.7. The van der Waals surface area contributed by atoms with Gasteiger partial charge < -0.3 is 10.3 Å². The summed E-state index contributed by atoms with van der Waals surface area (Å²) in [6, 6.07) is 0. The Morgan fingerprint density at radius 3 is 2.94 bits per heavy atom. The van der Waals surface area contributed by atoms with Gasteiger partial charge in [0.1, 0.15) is 10.7 Å². The summed E-state index contributed by atoms with van der Waals surface area (Å²) in [6.07, 6.45) is 2.23. The monoisotopic (exact) mass is 244 g/mol. The SMILES string of the molecule is Nc1[nH]ncc1S(=O)(=O)NCc1ncon1. The number of hydrogen-bond acceptors (Lipinski definition) is 7. The molecule has 9 nitrogen and oxygen atoms in total. The molecule has 4 N–H and O–H groups in total. The predicted molar refractivity (Wildman–Crippen MR) is 51.3 cm³/mol. The molecule has 86 valence electrons. The van der Waals surface area contributed by atoms with Gasteiger partial charge in [-0.25, -0.2) is 13.1 Å². The highest BCUT2D eigenvalue weighted by Gasteiger charge is 2.19. The van der Waals surface area contributed by atoms with Gasteiger partial charge in [-0.05, 0) is 0 Å². The highest BCUT2D eigenvalue weighted by molar-refractivity contribution is 7.89. The van der Waals surface area contributed by atoms with Crippen LogP contribution in [0.2, 0.25) is 0 Å². The lowest BCUT2D eigenvalue weighted by atomic mass is 10.6. The van der Waals surface area contributed by atoms with Gasteiger partial charge in [-0.15, -0.1) is 0 Å². The molecular weight excluding hydrogens is 236 g/mol. The molecule has 2 rings (SSSR count). The Bertz CT molecular complexity index is 559. The maximum atomic E-state index is 11.7. The average molecular weight is 244 g/mol. The predicted octanol–water partition coefficient (Wildman–Crippen LogP) is -1.15. The van der Waals surface area contributed by atoms with Crippen LogP contribution < -0.4 is 10.5 Å². The number of sulfonamides is 1. The smallest absolute Gasteiger partial charge is 0.246 e. The second kappa shape index (κ2) is 3.90. The molecule has 0 bridgehead atoms.